The summed E-state index contributed by atoms with van der Waals surface area (Å²) in [4.78, 5) is 20.7. The molecule has 2 aromatic rings. The third kappa shape index (κ3) is 3.79. The number of amides is 1. The molecule has 2 rings (SSSR count). The monoisotopic (exact) mass is 273 g/mol. The van der Waals surface area contributed by atoms with Gasteiger partial charge in [-0.1, -0.05) is 36.9 Å². The van der Waals surface area contributed by atoms with Gasteiger partial charge in [-0.25, -0.2) is 9.97 Å². The standard InChI is InChI=1S/C14H15N3OS/c1-3-19-14-15-10(2)9-12(17-14)13(18)16-11-7-5-4-6-8-11/h4-9H,3H2,1-2H3,(H,16,18). The van der Waals surface area contributed by atoms with E-state index in [1.54, 1.807) is 6.07 Å². The minimum atomic E-state index is -0.213. The lowest BCUT2D eigenvalue weighted by atomic mass is 10.3. The van der Waals surface area contributed by atoms with Crippen LogP contribution in [0.1, 0.15) is 23.1 Å². The fourth-order valence-electron chi connectivity index (χ4n) is 1.57. The molecule has 0 bridgehead atoms. The maximum Gasteiger partial charge on any atom is 0.274 e. The van der Waals surface area contributed by atoms with Crippen LogP contribution in [0.2, 0.25) is 0 Å². The zero-order chi connectivity index (χ0) is 13.7. The van der Waals surface area contributed by atoms with E-state index in [1.807, 2.05) is 44.2 Å². The molecule has 98 valence electrons. The molecule has 1 amide bonds. The summed E-state index contributed by atoms with van der Waals surface area (Å²) < 4.78 is 0. The van der Waals surface area contributed by atoms with E-state index >= 15 is 0 Å². The number of aryl methyl sites for hydroxylation is 1. The fraction of sp³-hybridized carbons (Fsp3) is 0.214. The first-order valence-electron chi connectivity index (χ1n) is 6.04. The summed E-state index contributed by atoms with van der Waals surface area (Å²) in [6.45, 7) is 3.89. The third-order valence-corrected chi connectivity index (χ3v) is 3.10. The Morgan fingerprint density at radius 3 is 2.68 bits per heavy atom. The summed E-state index contributed by atoms with van der Waals surface area (Å²) in [5.74, 6) is 0.665. The molecule has 0 aliphatic rings. The summed E-state index contributed by atoms with van der Waals surface area (Å²) in [6.07, 6.45) is 0. The van der Waals surface area contributed by atoms with Gasteiger partial charge in [0.15, 0.2) is 5.16 Å². The van der Waals surface area contributed by atoms with E-state index in [0.717, 1.165) is 17.1 Å². The van der Waals surface area contributed by atoms with Crippen molar-refractivity contribution in [3.8, 4) is 0 Å². The number of hydrogen-bond acceptors (Lipinski definition) is 4. The Labute approximate surface area is 116 Å². The molecule has 0 spiro atoms. The average molecular weight is 273 g/mol. The first-order chi connectivity index (χ1) is 9.19. The van der Waals surface area contributed by atoms with Crippen LogP contribution >= 0.6 is 11.8 Å². The Balaban J connectivity index is 2.19. The SMILES string of the molecule is CCSc1nc(C)cc(C(=O)Nc2ccccc2)n1. The number of thioether (sulfide) groups is 1. The molecule has 0 aliphatic heterocycles. The molecule has 0 atom stereocenters. The molecular formula is C14H15N3OS. The summed E-state index contributed by atoms with van der Waals surface area (Å²) in [5.41, 5.74) is 1.95. The average Bonchev–Trinajstić information content (AvgIpc) is 2.39. The quantitative estimate of drug-likeness (QED) is 0.687. The third-order valence-electron chi connectivity index (χ3n) is 2.37. The van der Waals surface area contributed by atoms with Gasteiger partial charge in [0.05, 0.1) is 0 Å². The molecule has 0 fully saturated rings. The van der Waals surface area contributed by atoms with Crippen molar-refractivity contribution in [2.45, 2.75) is 19.0 Å². The van der Waals surface area contributed by atoms with Gasteiger partial charge in [0, 0.05) is 11.4 Å². The molecule has 0 unspecified atom stereocenters. The van der Waals surface area contributed by atoms with Crippen LogP contribution in [-0.2, 0) is 0 Å². The Morgan fingerprint density at radius 1 is 1.26 bits per heavy atom. The predicted molar refractivity (Wildman–Crippen MR) is 77.6 cm³/mol. The van der Waals surface area contributed by atoms with Crippen molar-refractivity contribution in [3.63, 3.8) is 0 Å². The summed E-state index contributed by atoms with van der Waals surface area (Å²) >= 11 is 1.53. The molecule has 1 aromatic heterocycles. The first kappa shape index (κ1) is 13.5. The van der Waals surface area contributed by atoms with Crippen molar-refractivity contribution in [2.75, 3.05) is 11.1 Å². The van der Waals surface area contributed by atoms with Crippen molar-refractivity contribution in [1.82, 2.24) is 9.97 Å². The highest BCUT2D eigenvalue weighted by atomic mass is 32.2. The van der Waals surface area contributed by atoms with Crippen LogP contribution in [-0.4, -0.2) is 21.6 Å². The van der Waals surface area contributed by atoms with Crippen LogP contribution in [0, 0.1) is 6.92 Å². The Morgan fingerprint density at radius 2 is 2.00 bits per heavy atom. The molecule has 0 saturated carbocycles. The number of hydrogen-bond donors (Lipinski definition) is 1. The largest absolute Gasteiger partial charge is 0.321 e. The van der Waals surface area contributed by atoms with Crippen molar-refractivity contribution in [2.24, 2.45) is 0 Å². The highest BCUT2D eigenvalue weighted by Crippen LogP contribution is 2.14. The normalized spacial score (nSPS) is 10.2. The van der Waals surface area contributed by atoms with Gasteiger partial charge in [0.25, 0.3) is 5.91 Å². The van der Waals surface area contributed by atoms with Crippen LogP contribution in [0.4, 0.5) is 5.69 Å². The number of benzene rings is 1. The maximum atomic E-state index is 12.1. The molecule has 0 radical (unpaired) electrons. The molecular weight excluding hydrogens is 258 g/mol. The van der Waals surface area contributed by atoms with E-state index in [0.29, 0.717) is 10.9 Å². The summed E-state index contributed by atoms with van der Waals surface area (Å²) in [7, 11) is 0. The topological polar surface area (TPSA) is 54.9 Å². The van der Waals surface area contributed by atoms with Gasteiger partial charge in [0.1, 0.15) is 5.69 Å². The molecule has 0 saturated heterocycles. The van der Waals surface area contributed by atoms with Crippen LogP contribution in [0.3, 0.4) is 0 Å². The minimum absolute atomic E-state index is 0.213. The van der Waals surface area contributed by atoms with E-state index in [-0.39, 0.29) is 5.91 Å². The number of aromatic nitrogens is 2. The Hall–Kier alpha value is -1.88. The van der Waals surface area contributed by atoms with Crippen molar-refractivity contribution in [1.29, 1.82) is 0 Å². The van der Waals surface area contributed by atoms with E-state index < -0.39 is 0 Å². The fourth-order valence-corrected chi connectivity index (χ4v) is 2.20. The molecule has 5 heteroatoms. The second-order valence-corrected chi connectivity index (χ2v) is 5.16. The second kappa shape index (κ2) is 6.33. The van der Waals surface area contributed by atoms with Gasteiger partial charge >= 0.3 is 0 Å². The zero-order valence-corrected chi connectivity index (χ0v) is 11.7. The van der Waals surface area contributed by atoms with Crippen molar-refractivity contribution >= 4 is 23.4 Å². The number of rotatable bonds is 4. The number of anilines is 1. The van der Waals surface area contributed by atoms with Crippen LogP contribution in [0.25, 0.3) is 0 Å². The molecule has 1 heterocycles. The molecule has 1 aromatic carbocycles. The lowest BCUT2D eigenvalue weighted by Crippen LogP contribution is -2.14. The molecule has 19 heavy (non-hydrogen) atoms. The van der Waals surface area contributed by atoms with E-state index in [4.69, 9.17) is 0 Å². The van der Waals surface area contributed by atoms with Crippen LogP contribution in [0.15, 0.2) is 41.6 Å². The number of carbonyl (C=O) groups excluding carboxylic acids is 1. The maximum absolute atomic E-state index is 12.1. The molecule has 4 nitrogen and oxygen atoms in total. The van der Waals surface area contributed by atoms with Gasteiger partial charge in [-0.3, -0.25) is 4.79 Å². The van der Waals surface area contributed by atoms with Gasteiger partial charge in [0.2, 0.25) is 0 Å². The Kier molecular flexibility index (Phi) is 4.52. The first-order valence-corrected chi connectivity index (χ1v) is 7.02. The number of nitrogens with zero attached hydrogens (tertiary/aromatic N) is 2. The van der Waals surface area contributed by atoms with Gasteiger partial charge < -0.3 is 5.32 Å². The second-order valence-electron chi connectivity index (χ2n) is 3.93. The minimum Gasteiger partial charge on any atom is -0.321 e. The van der Waals surface area contributed by atoms with Crippen LogP contribution in [0.5, 0.6) is 0 Å². The van der Waals surface area contributed by atoms with Gasteiger partial charge in [-0.05, 0) is 30.9 Å². The number of carbonyl (C=O) groups is 1. The van der Waals surface area contributed by atoms with E-state index in [2.05, 4.69) is 15.3 Å². The molecule has 0 aliphatic carbocycles. The number of para-hydroxylation sites is 1. The van der Waals surface area contributed by atoms with Crippen molar-refractivity contribution < 1.29 is 4.79 Å². The Bertz CT molecular complexity index is 572. The van der Waals surface area contributed by atoms with Crippen LogP contribution < -0.4 is 5.32 Å². The summed E-state index contributed by atoms with van der Waals surface area (Å²) in [5, 5.41) is 3.46. The zero-order valence-electron chi connectivity index (χ0n) is 10.9. The molecule has 1 N–H and O–H groups in total. The van der Waals surface area contributed by atoms with E-state index in [1.165, 1.54) is 11.8 Å². The lowest BCUT2D eigenvalue weighted by Gasteiger charge is -2.06. The highest BCUT2D eigenvalue weighted by molar-refractivity contribution is 7.99. The smallest absolute Gasteiger partial charge is 0.274 e. The van der Waals surface area contributed by atoms with Gasteiger partial charge in [-0.15, -0.1) is 0 Å². The summed E-state index contributed by atoms with van der Waals surface area (Å²) in [6, 6.07) is 11.0. The van der Waals surface area contributed by atoms with Crippen molar-refractivity contribution in [3.05, 3.63) is 47.8 Å². The highest BCUT2D eigenvalue weighted by Gasteiger charge is 2.10. The van der Waals surface area contributed by atoms with E-state index in [9.17, 15) is 4.79 Å². The number of nitrogens with one attached hydrogen (secondary N) is 1. The predicted octanol–water partition coefficient (Wildman–Crippen LogP) is 3.15. The lowest BCUT2D eigenvalue weighted by molar-refractivity contribution is 0.102. The van der Waals surface area contributed by atoms with Gasteiger partial charge in [-0.2, -0.15) is 0 Å².